The maximum absolute atomic E-state index is 12.6. The van der Waals surface area contributed by atoms with Crippen molar-refractivity contribution < 1.29 is 18.4 Å². The van der Waals surface area contributed by atoms with Crippen LogP contribution in [0.25, 0.3) is 0 Å². The molecule has 1 aromatic rings. The maximum Gasteiger partial charge on any atom is 0.296 e. The van der Waals surface area contributed by atoms with E-state index in [0.29, 0.717) is 0 Å². The van der Waals surface area contributed by atoms with E-state index in [1.54, 1.807) is 0 Å². The fourth-order valence-electron chi connectivity index (χ4n) is 1.22. The molecule has 1 aromatic heterocycles. The second-order valence-corrected chi connectivity index (χ2v) is 2.75. The molecule has 0 unspecified atom stereocenters. The fourth-order valence-corrected chi connectivity index (χ4v) is 1.22. The van der Waals surface area contributed by atoms with Gasteiger partial charge >= 0.3 is 0 Å². The molecule has 0 aliphatic heterocycles. The molecule has 82 valence electrons. The van der Waals surface area contributed by atoms with Crippen molar-refractivity contribution in [1.29, 1.82) is 0 Å². The predicted molar refractivity (Wildman–Crippen MR) is 47.1 cm³/mol. The van der Waals surface area contributed by atoms with Gasteiger partial charge in [-0.2, -0.15) is 0 Å². The second-order valence-electron chi connectivity index (χ2n) is 2.75. The molecule has 0 bridgehead atoms. The van der Waals surface area contributed by atoms with E-state index in [1.165, 1.54) is 14.0 Å². The molecule has 0 aromatic carbocycles. The van der Waals surface area contributed by atoms with Gasteiger partial charge in [0.1, 0.15) is 11.8 Å². The second kappa shape index (κ2) is 4.16. The number of methoxy groups -OCH3 is 1. The summed E-state index contributed by atoms with van der Waals surface area (Å²) < 4.78 is 29.9. The Morgan fingerprint density at radius 1 is 1.60 bits per heavy atom. The Bertz CT molecular complexity index is 396. The average molecular weight is 218 g/mol. The number of ether oxygens (including phenoxy) is 1. The molecule has 1 heterocycles. The summed E-state index contributed by atoms with van der Waals surface area (Å²) >= 11 is 0. The third kappa shape index (κ3) is 2.00. The molecule has 5 nitrogen and oxygen atoms in total. The molecule has 0 atom stereocenters. The third-order valence-corrected chi connectivity index (χ3v) is 1.91. The van der Waals surface area contributed by atoms with Gasteiger partial charge in [-0.25, -0.2) is 13.8 Å². The lowest BCUT2D eigenvalue weighted by Gasteiger charge is -2.08. The Morgan fingerprint density at radius 3 is 2.60 bits per heavy atom. The molecule has 0 spiro atoms. The fraction of sp³-hybridized carbons (Fsp3) is 0.375. The summed E-state index contributed by atoms with van der Waals surface area (Å²) in [5, 5.41) is 10.5. The minimum absolute atomic E-state index is 0.0123. The molecule has 0 aliphatic rings. The Hall–Kier alpha value is -1.79. The molecule has 1 rings (SSSR count). The van der Waals surface area contributed by atoms with Gasteiger partial charge in [0.2, 0.25) is 5.88 Å². The van der Waals surface area contributed by atoms with Gasteiger partial charge in [0, 0.05) is 5.56 Å². The van der Waals surface area contributed by atoms with Gasteiger partial charge in [0.25, 0.3) is 12.1 Å². The molecule has 0 N–H and O–H groups in total. The Morgan fingerprint density at radius 2 is 2.20 bits per heavy atom. The molecule has 0 amide bonds. The first-order valence-electron chi connectivity index (χ1n) is 3.95. The van der Waals surface area contributed by atoms with Crippen molar-refractivity contribution in [2.75, 3.05) is 7.11 Å². The summed E-state index contributed by atoms with van der Waals surface area (Å²) in [6.45, 7) is 1.31. The van der Waals surface area contributed by atoms with Gasteiger partial charge in [-0.3, -0.25) is 10.1 Å². The van der Waals surface area contributed by atoms with Crippen LogP contribution < -0.4 is 4.74 Å². The van der Waals surface area contributed by atoms with Crippen molar-refractivity contribution in [3.8, 4) is 5.88 Å². The van der Waals surface area contributed by atoms with Gasteiger partial charge in [-0.05, 0) is 6.92 Å². The number of hydrogen-bond donors (Lipinski definition) is 0. The molecule has 0 saturated heterocycles. The Labute approximate surface area is 83.8 Å². The number of rotatable bonds is 3. The van der Waals surface area contributed by atoms with Crippen molar-refractivity contribution in [2.24, 2.45) is 0 Å². The van der Waals surface area contributed by atoms with Crippen LogP contribution in [0.3, 0.4) is 0 Å². The van der Waals surface area contributed by atoms with Crippen LogP contribution in [0.4, 0.5) is 14.5 Å². The van der Waals surface area contributed by atoms with Crippen molar-refractivity contribution in [3.63, 3.8) is 0 Å². The first-order chi connectivity index (χ1) is 6.99. The molecular weight excluding hydrogens is 210 g/mol. The van der Waals surface area contributed by atoms with Crippen LogP contribution in [-0.2, 0) is 0 Å². The van der Waals surface area contributed by atoms with E-state index >= 15 is 0 Å². The molecule has 0 fully saturated rings. The van der Waals surface area contributed by atoms with Crippen LogP contribution in [0, 0.1) is 17.0 Å². The lowest BCUT2D eigenvalue weighted by atomic mass is 10.1. The minimum atomic E-state index is -2.93. The lowest BCUT2D eigenvalue weighted by Crippen LogP contribution is -2.02. The number of alkyl halides is 2. The summed E-state index contributed by atoms with van der Waals surface area (Å²) in [4.78, 5) is 13.1. The Balaban J connectivity index is 3.44. The molecule has 0 saturated carbocycles. The highest BCUT2D eigenvalue weighted by Crippen LogP contribution is 2.34. The SMILES string of the molecule is COc1ncc([N+](=O)[O-])c(C(F)F)c1C. The normalized spacial score (nSPS) is 10.5. The highest BCUT2D eigenvalue weighted by Gasteiger charge is 2.26. The number of aromatic nitrogens is 1. The van der Waals surface area contributed by atoms with Crippen LogP contribution in [-0.4, -0.2) is 17.0 Å². The first kappa shape index (κ1) is 11.3. The summed E-state index contributed by atoms with van der Waals surface area (Å²) in [6.07, 6.45) is -2.16. The lowest BCUT2D eigenvalue weighted by molar-refractivity contribution is -0.386. The number of halogens is 2. The van der Waals surface area contributed by atoms with Crippen molar-refractivity contribution >= 4 is 5.69 Å². The summed E-state index contributed by atoms with van der Waals surface area (Å²) in [5.74, 6) is -0.0316. The van der Waals surface area contributed by atoms with Gasteiger partial charge < -0.3 is 4.74 Å². The third-order valence-electron chi connectivity index (χ3n) is 1.91. The van der Waals surface area contributed by atoms with E-state index in [-0.39, 0.29) is 11.4 Å². The van der Waals surface area contributed by atoms with Crippen molar-refractivity contribution in [3.05, 3.63) is 27.4 Å². The van der Waals surface area contributed by atoms with Crippen LogP contribution in [0.15, 0.2) is 6.20 Å². The molecule has 0 radical (unpaired) electrons. The smallest absolute Gasteiger partial charge is 0.296 e. The zero-order chi connectivity index (χ0) is 11.6. The standard InChI is InChI=1S/C8H8F2N2O3/c1-4-6(7(9)10)5(12(13)14)3-11-8(4)15-2/h3,7H,1-2H3. The summed E-state index contributed by atoms with van der Waals surface area (Å²) in [5.41, 5.74) is -1.35. The predicted octanol–water partition coefficient (Wildman–Crippen LogP) is 2.24. The molecule has 0 aliphatic carbocycles. The zero-order valence-electron chi connectivity index (χ0n) is 8.03. The largest absolute Gasteiger partial charge is 0.481 e. The van der Waals surface area contributed by atoms with Gasteiger partial charge in [-0.15, -0.1) is 0 Å². The topological polar surface area (TPSA) is 65.3 Å². The minimum Gasteiger partial charge on any atom is -0.481 e. The van der Waals surface area contributed by atoms with E-state index < -0.39 is 22.6 Å². The Kier molecular flexibility index (Phi) is 3.13. The highest BCUT2D eigenvalue weighted by molar-refractivity contribution is 5.48. The molecule has 7 heteroatoms. The van der Waals surface area contributed by atoms with E-state index in [1.807, 2.05) is 0 Å². The number of hydrogen-bond acceptors (Lipinski definition) is 4. The van der Waals surface area contributed by atoms with E-state index in [9.17, 15) is 18.9 Å². The van der Waals surface area contributed by atoms with Crippen molar-refractivity contribution in [2.45, 2.75) is 13.3 Å². The van der Waals surface area contributed by atoms with Gasteiger partial charge in [-0.1, -0.05) is 0 Å². The quantitative estimate of drug-likeness (QED) is 0.576. The van der Waals surface area contributed by atoms with Crippen LogP contribution in [0.2, 0.25) is 0 Å². The molecule has 15 heavy (non-hydrogen) atoms. The number of pyridine rings is 1. The van der Waals surface area contributed by atoms with E-state index in [0.717, 1.165) is 6.20 Å². The summed E-state index contributed by atoms with van der Waals surface area (Å²) in [6, 6.07) is 0. The van der Waals surface area contributed by atoms with Crippen LogP contribution in [0.5, 0.6) is 5.88 Å². The first-order valence-corrected chi connectivity index (χ1v) is 3.95. The number of nitro groups is 1. The van der Waals surface area contributed by atoms with Gasteiger partial charge in [0.15, 0.2) is 0 Å². The monoisotopic (exact) mass is 218 g/mol. The van der Waals surface area contributed by atoms with Crippen LogP contribution in [0.1, 0.15) is 17.6 Å². The zero-order valence-corrected chi connectivity index (χ0v) is 8.03. The maximum atomic E-state index is 12.6. The highest BCUT2D eigenvalue weighted by atomic mass is 19.3. The summed E-state index contributed by atoms with van der Waals surface area (Å²) in [7, 11) is 1.26. The average Bonchev–Trinajstić information content (AvgIpc) is 2.16. The van der Waals surface area contributed by atoms with E-state index in [2.05, 4.69) is 4.98 Å². The van der Waals surface area contributed by atoms with E-state index in [4.69, 9.17) is 4.74 Å². The van der Waals surface area contributed by atoms with Gasteiger partial charge in [0.05, 0.1) is 12.0 Å². The van der Waals surface area contributed by atoms with Crippen molar-refractivity contribution in [1.82, 2.24) is 4.98 Å². The van der Waals surface area contributed by atoms with Crippen LogP contribution >= 0.6 is 0 Å². The number of nitrogens with zero attached hydrogens (tertiary/aromatic N) is 2. The molecular formula is C8H8F2N2O3.